The second-order valence-corrected chi connectivity index (χ2v) is 6.52. The molecule has 0 aromatic heterocycles. The van der Waals surface area contributed by atoms with Crippen molar-refractivity contribution >= 4 is 11.8 Å². The molecular weight excluding hydrogens is 330 g/mol. The third-order valence-corrected chi connectivity index (χ3v) is 4.35. The smallest absolute Gasteiger partial charge is 0.129 e. The molecular formula is C21H23NO4. The number of benzene rings is 2. The summed E-state index contributed by atoms with van der Waals surface area (Å²) in [5.74, 6) is 0.622. The molecule has 2 N–H and O–H groups in total. The summed E-state index contributed by atoms with van der Waals surface area (Å²) in [5, 5.41) is 23.5. The van der Waals surface area contributed by atoms with Gasteiger partial charge in [0.15, 0.2) is 0 Å². The molecule has 0 aliphatic carbocycles. The van der Waals surface area contributed by atoms with Crippen LogP contribution in [0.4, 0.5) is 5.69 Å². The van der Waals surface area contributed by atoms with Crippen molar-refractivity contribution in [3.05, 3.63) is 76.7 Å². The molecule has 5 nitrogen and oxygen atoms in total. The molecule has 0 bridgehead atoms. The van der Waals surface area contributed by atoms with Crippen LogP contribution < -0.4 is 4.74 Å². The van der Waals surface area contributed by atoms with Gasteiger partial charge in [0.25, 0.3) is 0 Å². The molecule has 2 rings (SSSR count). The van der Waals surface area contributed by atoms with Crippen LogP contribution in [-0.4, -0.2) is 17.3 Å². The fourth-order valence-electron chi connectivity index (χ4n) is 2.56. The van der Waals surface area contributed by atoms with Gasteiger partial charge in [0.05, 0.1) is 13.2 Å². The zero-order chi connectivity index (χ0) is 19.3. The highest BCUT2D eigenvalue weighted by molar-refractivity contribution is 5.63. The zero-order valence-electron chi connectivity index (χ0n) is 15.1. The molecule has 0 spiro atoms. The van der Waals surface area contributed by atoms with Crippen LogP contribution >= 0.6 is 0 Å². The molecule has 2 aromatic carbocycles. The van der Waals surface area contributed by atoms with E-state index < -0.39 is 11.5 Å². The van der Waals surface area contributed by atoms with Crippen molar-refractivity contribution in [3.8, 4) is 11.5 Å². The van der Waals surface area contributed by atoms with Crippen LogP contribution in [0.25, 0.3) is 6.08 Å². The topological polar surface area (TPSA) is 79.1 Å². The van der Waals surface area contributed by atoms with Crippen molar-refractivity contribution in [3.63, 3.8) is 0 Å². The second-order valence-electron chi connectivity index (χ2n) is 6.52. The summed E-state index contributed by atoms with van der Waals surface area (Å²) in [7, 11) is 1.52. The predicted molar refractivity (Wildman–Crippen MR) is 104 cm³/mol. The Balaban J connectivity index is 2.36. The van der Waals surface area contributed by atoms with Gasteiger partial charge in [0, 0.05) is 22.6 Å². The number of ether oxygens (including phenoxy) is 1. The van der Waals surface area contributed by atoms with E-state index in [1.807, 2.05) is 19.9 Å². The van der Waals surface area contributed by atoms with Gasteiger partial charge < -0.3 is 14.9 Å². The van der Waals surface area contributed by atoms with Crippen LogP contribution in [0.15, 0.2) is 60.3 Å². The summed E-state index contributed by atoms with van der Waals surface area (Å²) < 4.78 is 5.33. The molecule has 0 saturated heterocycles. The number of hydrogen-bond donors (Lipinski definition) is 2. The lowest BCUT2D eigenvalue weighted by Crippen LogP contribution is -2.13. The fourth-order valence-corrected chi connectivity index (χ4v) is 2.56. The SMILES string of the molecule is C=CC(C)(C)c1cc(/C=C/C(O)c2ccc(N=O)cc2)c(OC)cc1O. The number of allylic oxidation sites excluding steroid dienone is 1. The largest absolute Gasteiger partial charge is 0.507 e. The van der Waals surface area contributed by atoms with Crippen LogP contribution in [0, 0.1) is 4.91 Å². The van der Waals surface area contributed by atoms with E-state index in [2.05, 4.69) is 11.8 Å². The average Bonchev–Trinajstić information content (AvgIpc) is 2.66. The quantitative estimate of drug-likeness (QED) is 0.542. The van der Waals surface area contributed by atoms with Crippen LogP contribution in [0.2, 0.25) is 0 Å². The maximum Gasteiger partial charge on any atom is 0.129 e. The standard InChI is InChI=1S/C21H23NO4/c1-5-21(2,3)17-12-15(20(26-4)13-19(17)24)8-11-18(23)14-6-9-16(22-25)10-7-14/h5-13,18,23-24H,1H2,2-4H3/b11-8+. The first kappa shape index (κ1) is 19.4. The van der Waals surface area contributed by atoms with Crippen LogP contribution in [0.3, 0.4) is 0 Å². The van der Waals surface area contributed by atoms with Gasteiger partial charge in [-0.25, -0.2) is 0 Å². The van der Waals surface area contributed by atoms with E-state index in [-0.39, 0.29) is 5.75 Å². The minimum atomic E-state index is -0.856. The first-order valence-corrected chi connectivity index (χ1v) is 8.17. The average molecular weight is 353 g/mol. The number of aromatic hydroxyl groups is 1. The van der Waals surface area contributed by atoms with Crippen molar-refractivity contribution in [2.24, 2.45) is 5.18 Å². The minimum absolute atomic E-state index is 0.126. The number of aliphatic hydroxyl groups excluding tert-OH is 1. The van der Waals surface area contributed by atoms with Gasteiger partial charge in [0.2, 0.25) is 0 Å². The minimum Gasteiger partial charge on any atom is -0.507 e. The van der Waals surface area contributed by atoms with Gasteiger partial charge in [-0.15, -0.1) is 11.5 Å². The molecule has 0 aliphatic rings. The predicted octanol–water partition coefficient (Wildman–Crippen LogP) is 5.01. The molecule has 0 amide bonds. The first-order chi connectivity index (χ1) is 12.3. The Kier molecular flexibility index (Phi) is 5.95. The third-order valence-electron chi connectivity index (χ3n) is 4.35. The number of aliphatic hydroxyl groups is 1. The van der Waals surface area contributed by atoms with Crippen molar-refractivity contribution in [2.75, 3.05) is 7.11 Å². The normalized spacial score (nSPS) is 12.8. The monoisotopic (exact) mass is 353 g/mol. The molecule has 0 radical (unpaired) electrons. The summed E-state index contributed by atoms with van der Waals surface area (Å²) in [6.07, 6.45) is 4.25. The van der Waals surface area contributed by atoms with Crippen LogP contribution in [0.5, 0.6) is 11.5 Å². The van der Waals surface area contributed by atoms with Crippen molar-refractivity contribution in [1.29, 1.82) is 0 Å². The zero-order valence-corrected chi connectivity index (χ0v) is 15.1. The van der Waals surface area contributed by atoms with Crippen molar-refractivity contribution in [1.82, 2.24) is 0 Å². The maximum absolute atomic E-state index is 10.5. The molecule has 2 aromatic rings. The molecule has 1 unspecified atom stereocenters. The molecule has 0 heterocycles. The van der Waals surface area contributed by atoms with E-state index in [4.69, 9.17) is 4.74 Å². The Labute approximate surface area is 153 Å². The van der Waals surface area contributed by atoms with E-state index in [0.29, 0.717) is 22.6 Å². The summed E-state index contributed by atoms with van der Waals surface area (Å²) in [6, 6.07) is 9.75. The lowest BCUT2D eigenvalue weighted by Gasteiger charge is -2.23. The summed E-state index contributed by atoms with van der Waals surface area (Å²) >= 11 is 0. The maximum atomic E-state index is 10.5. The first-order valence-electron chi connectivity index (χ1n) is 8.17. The van der Waals surface area contributed by atoms with Gasteiger partial charge in [-0.2, -0.15) is 0 Å². The Morgan fingerprint density at radius 2 is 1.88 bits per heavy atom. The molecule has 0 aliphatic heterocycles. The molecule has 0 fully saturated rings. The number of rotatable bonds is 7. The Bertz CT molecular complexity index is 823. The van der Waals surface area contributed by atoms with Gasteiger partial charge in [-0.05, 0) is 28.9 Å². The number of phenolic OH excluding ortho intramolecular Hbond substituents is 1. The third kappa shape index (κ3) is 4.18. The van der Waals surface area contributed by atoms with E-state index in [1.54, 1.807) is 48.6 Å². The lowest BCUT2D eigenvalue weighted by atomic mass is 9.83. The molecule has 26 heavy (non-hydrogen) atoms. The second kappa shape index (κ2) is 7.97. The van der Waals surface area contributed by atoms with E-state index >= 15 is 0 Å². The number of hydrogen-bond acceptors (Lipinski definition) is 5. The van der Waals surface area contributed by atoms with E-state index in [9.17, 15) is 15.1 Å². The van der Waals surface area contributed by atoms with E-state index in [0.717, 1.165) is 5.56 Å². The van der Waals surface area contributed by atoms with Crippen molar-refractivity contribution in [2.45, 2.75) is 25.4 Å². The van der Waals surface area contributed by atoms with Crippen molar-refractivity contribution < 1.29 is 14.9 Å². The van der Waals surface area contributed by atoms with Gasteiger partial charge in [-0.1, -0.05) is 44.2 Å². The molecule has 5 heteroatoms. The Hall–Kier alpha value is -2.92. The summed E-state index contributed by atoms with van der Waals surface area (Å²) in [4.78, 5) is 10.5. The number of phenols is 1. The fraction of sp³-hybridized carbons (Fsp3) is 0.238. The van der Waals surface area contributed by atoms with E-state index in [1.165, 1.54) is 7.11 Å². The van der Waals surface area contributed by atoms with Gasteiger partial charge in [-0.3, -0.25) is 0 Å². The highest BCUT2D eigenvalue weighted by atomic mass is 16.5. The number of nitroso groups, excluding NO2 is 1. The Morgan fingerprint density at radius 3 is 2.42 bits per heavy atom. The Morgan fingerprint density at radius 1 is 1.23 bits per heavy atom. The van der Waals surface area contributed by atoms with Gasteiger partial charge >= 0.3 is 0 Å². The highest BCUT2D eigenvalue weighted by Gasteiger charge is 2.22. The molecule has 0 saturated carbocycles. The van der Waals surface area contributed by atoms with Gasteiger partial charge in [0.1, 0.15) is 17.2 Å². The molecule has 1 atom stereocenters. The van der Waals surface area contributed by atoms with Crippen LogP contribution in [0.1, 0.15) is 36.6 Å². The summed E-state index contributed by atoms with van der Waals surface area (Å²) in [6.45, 7) is 7.72. The number of nitrogens with zero attached hydrogens (tertiary/aromatic N) is 1. The number of methoxy groups -OCH3 is 1. The van der Waals surface area contributed by atoms with Crippen LogP contribution in [-0.2, 0) is 5.41 Å². The summed E-state index contributed by atoms with van der Waals surface area (Å²) in [5.41, 5.74) is 1.96. The molecule has 136 valence electrons. The highest BCUT2D eigenvalue weighted by Crippen LogP contribution is 2.37. The lowest BCUT2D eigenvalue weighted by molar-refractivity contribution is 0.229.